The Labute approximate surface area is 147 Å². The smallest absolute Gasteiger partial charge is 0.414 e. The third-order valence-corrected chi connectivity index (χ3v) is 3.54. The lowest BCUT2D eigenvalue weighted by molar-refractivity contribution is -0.162. The Balaban J connectivity index is 2.41. The molecule has 7 N–H and O–H groups in total. The molecule has 1 atom stereocenters. The van der Waals surface area contributed by atoms with Gasteiger partial charge in [-0.3, -0.25) is 4.79 Å². The summed E-state index contributed by atoms with van der Waals surface area (Å²) in [5.41, 5.74) is 11.9. The van der Waals surface area contributed by atoms with Crippen molar-refractivity contribution >= 4 is 23.5 Å². The number of hydrogen-bond acceptors (Lipinski definition) is 4. The van der Waals surface area contributed by atoms with Crippen LogP contribution in [0.5, 0.6) is 5.75 Å². The lowest BCUT2D eigenvalue weighted by Crippen LogP contribution is -2.37. The summed E-state index contributed by atoms with van der Waals surface area (Å²) in [6, 6.07) is 5.06. The molecule has 0 fully saturated rings. The second-order valence-electron chi connectivity index (χ2n) is 5.40. The molecule has 9 heteroatoms. The van der Waals surface area contributed by atoms with Crippen LogP contribution in [0.1, 0.15) is 22.9 Å². The normalized spacial score (nSPS) is 13.3. The number of carbonyl (C=O) groups is 1. The quantitative estimate of drug-likeness (QED) is 0.523. The minimum Gasteiger partial charge on any atom is -0.507 e. The van der Waals surface area contributed by atoms with Gasteiger partial charge in [-0.25, -0.2) is 0 Å². The van der Waals surface area contributed by atoms with E-state index in [-0.39, 0.29) is 28.5 Å². The number of phenols is 1. The number of halogens is 3. The molecule has 0 bridgehead atoms. The van der Waals surface area contributed by atoms with Crippen LogP contribution in [0, 0.1) is 0 Å². The first-order valence-electron chi connectivity index (χ1n) is 7.37. The fraction of sp³-hybridized carbons (Fsp3) is 0.118. The first-order valence-corrected chi connectivity index (χ1v) is 7.37. The van der Waals surface area contributed by atoms with Gasteiger partial charge < -0.3 is 26.9 Å². The van der Waals surface area contributed by atoms with Crippen molar-refractivity contribution in [2.24, 2.45) is 5.73 Å². The van der Waals surface area contributed by atoms with E-state index in [0.29, 0.717) is 5.56 Å². The molecule has 1 aromatic heterocycles. The number of benzene rings is 1. The number of alkyl halides is 3. The molecule has 0 radical (unpaired) electrons. The van der Waals surface area contributed by atoms with Gasteiger partial charge in [-0.2, -0.15) is 13.2 Å². The van der Waals surface area contributed by atoms with Gasteiger partial charge in [-0.05, 0) is 30.4 Å². The van der Waals surface area contributed by atoms with Crippen LogP contribution in [0.15, 0.2) is 43.0 Å². The number of aromatic nitrogens is 1. The molecule has 6 nitrogen and oxygen atoms in total. The summed E-state index contributed by atoms with van der Waals surface area (Å²) in [5, 5.41) is 11.6. The maximum absolute atomic E-state index is 13.2. The van der Waals surface area contributed by atoms with Gasteiger partial charge in [0, 0.05) is 22.5 Å². The lowest BCUT2D eigenvalue weighted by atomic mass is 10.1. The van der Waals surface area contributed by atoms with E-state index in [9.17, 15) is 23.1 Å². The van der Waals surface area contributed by atoms with Crippen LogP contribution in [0.4, 0.5) is 19.0 Å². The number of phenolic OH excluding ortho intramolecular Hbond substituents is 1. The van der Waals surface area contributed by atoms with Gasteiger partial charge in [0.1, 0.15) is 11.6 Å². The van der Waals surface area contributed by atoms with Crippen LogP contribution in [0.3, 0.4) is 0 Å². The van der Waals surface area contributed by atoms with Crippen molar-refractivity contribution in [1.82, 2.24) is 10.3 Å². The van der Waals surface area contributed by atoms with Crippen LogP contribution >= 0.6 is 0 Å². The van der Waals surface area contributed by atoms with Gasteiger partial charge in [0.15, 0.2) is 6.04 Å². The van der Waals surface area contributed by atoms with Gasteiger partial charge in [0.05, 0.1) is 0 Å². The zero-order valence-corrected chi connectivity index (χ0v) is 13.5. The standard InChI is InChI=1S/C17H17F3N4O2/c1-2-14(26)24-15(17(18,19)20)12-8-9(16(22)23-12)7-11(21)10-5-3-4-6-13(10)25/h2-8,15,23,25H,1,21-22H2,(H,24,26)/b11-7-. The molecule has 0 aliphatic rings. The van der Waals surface area contributed by atoms with E-state index in [1.165, 1.54) is 12.1 Å². The number of carbonyl (C=O) groups excluding carboxylic acids is 1. The van der Waals surface area contributed by atoms with Gasteiger partial charge in [0.25, 0.3) is 0 Å². The number of nitrogens with two attached hydrogens (primary N) is 2. The molecule has 138 valence electrons. The highest BCUT2D eigenvalue weighted by Crippen LogP contribution is 2.34. The van der Waals surface area contributed by atoms with Crippen LogP contribution in [-0.2, 0) is 4.79 Å². The van der Waals surface area contributed by atoms with Gasteiger partial charge in [-0.15, -0.1) is 0 Å². The summed E-state index contributed by atoms with van der Waals surface area (Å²) in [7, 11) is 0. The molecule has 0 aliphatic carbocycles. The number of nitrogens with one attached hydrogen (secondary N) is 2. The van der Waals surface area contributed by atoms with Crippen molar-refractivity contribution < 1.29 is 23.1 Å². The molecular formula is C17H17F3N4O2. The zero-order chi connectivity index (χ0) is 19.5. The Morgan fingerprint density at radius 3 is 2.58 bits per heavy atom. The lowest BCUT2D eigenvalue weighted by Gasteiger charge is -2.19. The van der Waals surface area contributed by atoms with Crippen molar-refractivity contribution in [2.45, 2.75) is 12.2 Å². The van der Waals surface area contributed by atoms with Crippen LogP contribution in [0.25, 0.3) is 11.8 Å². The van der Waals surface area contributed by atoms with Gasteiger partial charge in [0.2, 0.25) is 5.91 Å². The summed E-state index contributed by atoms with van der Waals surface area (Å²) in [4.78, 5) is 13.7. The zero-order valence-electron chi connectivity index (χ0n) is 13.5. The predicted octanol–water partition coefficient (Wildman–Crippen LogP) is 2.66. The maximum atomic E-state index is 13.2. The Morgan fingerprint density at radius 1 is 1.35 bits per heavy atom. The highest BCUT2D eigenvalue weighted by Gasteiger charge is 2.42. The van der Waals surface area contributed by atoms with E-state index >= 15 is 0 Å². The Morgan fingerprint density at radius 2 is 2.00 bits per heavy atom. The molecule has 26 heavy (non-hydrogen) atoms. The molecule has 2 rings (SSSR count). The van der Waals surface area contributed by atoms with Crippen LogP contribution in [-0.4, -0.2) is 22.2 Å². The van der Waals surface area contributed by atoms with Crippen molar-refractivity contribution in [1.29, 1.82) is 0 Å². The number of rotatable bonds is 5. The van der Waals surface area contributed by atoms with Crippen LogP contribution in [0.2, 0.25) is 0 Å². The number of nitrogen functional groups attached to an aromatic ring is 1. The van der Waals surface area contributed by atoms with Crippen molar-refractivity contribution in [3.05, 3.63) is 59.8 Å². The summed E-state index contributed by atoms with van der Waals surface area (Å²) < 4.78 is 39.7. The third-order valence-electron chi connectivity index (χ3n) is 3.54. The number of para-hydroxylation sites is 1. The number of H-pyrrole nitrogens is 1. The first kappa shape index (κ1) is 19.0. The Kier molecular flexibility index (Phi) is 5.30. The summed E-state index contributed by atoms with van der Waals surface area (Å²) in [5.74, 6) is -1.13. The molecule has 0 saturated heterocycles. The number of aromatic hydroxyl groups is 1. The van der Waals surface area contributed by atoms with E-state index in [1.807, 2.05) is 0 Å². The number of aromatic amines is 1. The van der Waals surface area contributed by atoms with E-state index < -0.39 is 18.1 Å². The molecule has 2 aromatic rings. The average molecular weight is 366 g/mol. The highest BCUT2D eigenvalue weighted by molar-refractivity contribution is 5.87. The van der Waals surface area contributed by atoms with E-state index in [2.05, 4.69) is 11.6 Å². The number of hydrogen-bond donors (Lipinski definition) is 5. The monoisotopic (exact) mass is 366 g/mol. The molecule has 1 heterocycles. The Hall–Kier alpha value is -3.36. The maximum Gasteiger partial charge on any atom is 0.414 e. The Bertz CT molecular complexity index is 856. The fourth-order valence-electron chi connectivity index (χ4n) is 2.28. The number of anilines is 1. The third kappa shape index (κ3) is 4.18. The first-order chi connectivity index (χ1) is 12.1. The second-order valence-corrected chi connectivity index (χ2v) is 5.40. The molecule has 0 aliphatic heterocycles. The van der Waals surface area contributed by atoms with Gasteiger partial charge in [-0.1, -0.05) is 18.7 Å². The van der Waals surface area contributed by atoms with Crippen molar-refractivity contribution in [3.8, 4) is 5.75 Å². The fourth-order valence-corrected chi connectivity index (χ4v) is 2.28. The van der Waals surface area contributed by atoms with Crippen molar-refractivity contribution in [3.63, 3.8) is 0 Å². The van der Waals surface area contributed by atoms with E-state index in [0.717, 1.165) is 12.1 Å². The summed E-state index contributed by atoms with van der Waals surface area (Å²) in [6.07, 6.45) is -2.69. The molecule has 1 amide bonds. The second kappa shape index (κ2) is 7.26. The van der Waals surface area contributed by atoms with Crippen LogP contribution < -0.4 is 16.8 Å². The van der Waals surface area contributed by atoms with E-state index in [1.54, 1.807) is 23.5 Å². The summed E-state index contributed by atoms with van der Waals surface area (Å²) >= 11 is 0. The van der Waals surface area contributed by atoms with E-state index in [4.69, 9.17) is 11.5 Å². The molecule has 0 saturated carbocycles. The molecule has 1 unspecified atom stereocenters. The minimum atomic E-state index is -4.75. The number of amides is 1. The predicted molar refractivity (Wildman–Crippen MR) is 92.5 cm³/mol. The van der Waals surface area contributed by atoms with Crippen molar-refractivity contribution in [2.75, 3.05) is 5.73 Å². The molecular weight excluding hydrogens is 349 g/mol. The van der Waals surface area contributed by atoms with Gasteiger partial charge >= 0.3 is 6.18 Å². The average Bonchev–Trinajstić information content (AvgIpc) is 2.91. The minimum absolute atomic E-state index is 0.0690. The molecule has 1 aromatic carbocycles. The topological polar surface area (TPSA) is 117 Å². The molecule has 0 spiro atoms. The largest absolute Gasteiger partial charge is 0.507 e. The highest BCUT2D eigenvalue weighted by atomic mass is 19.4. The SMILES string of the molecule is C=CC(=O)NC(c1cc(/C=C(\N)c2ccccc2O)c(N)[nH]1)C(F)(F)F. The summed E-state index contributed by atoms with van der Waals surface area (Å²) in [6.45, 7) is 3.13.